The predicted molar refractivity (Wildman–Crippen MR) is 66.3 cm³/mol. The number of guanidine groups is 1. The lowest BCUT2D eigenvalue weighted by atomic mass is 10.1. The molecule has 0 aliphatic heterocycles. The van der Waals surface area contributed by atoms with Crippen molar-refractivity contribution >= 4 is 22.9 Å². The highest BCUT2D eigenvalue weighted by Gasteiger charge is 2.31. The molecule has 5 N–H and O–H groups in total. The van der Waals surface area contributed by atoms with Crippen LogP contribution in [0.25, 0.3) is 0 Å². The van der Waals surface area contributed by atoms with Crippen LogP contribution in [0.3, 0.4) is 0 Å². The van der Waals surface area contributed by atoms with Crippen LogP contribution in [-0.4, -0.2) is 16.9 Å². The Bertz CT molecular complexity index is 416. The minimum atomic E-state index is -3.02. The van der Waals surface area contributed by atoms with Gasteiger partial charge in [0, 0.05) is 5.56 Å². The SMILES string of the molecule is N=C(N=C(N)N)SCC(F)(F)c1ccccc1. The molecule has 92 valence electrons. The number of halogens is 2. The van der Waals surface area contributed by atoms with Gasteiger partial charge >= 0.3 is 0 Å². The maximum atomic E-state index is 13.6. The summed E-state index contributed by atoms with van der Waals surface area (Å²) >= 11 is 0.592. The summed E-state index contributed by atoms with van der Waals surface area (Å²) in [5.74, 6) is -3.91. The number of hydrogen-bond acceptors (Lipinski definition) is 2. The van der Waals surface area contributed by atoms with Crippen LogP contribution in [-0.2, 0) is 5.92 Å². The van der Waals surface area contributed by atoms with Gasteiger partial charge in [-0.25, -0.2) is 8.78 Å². The van der Waals surface area contributed by atoms with Gasteiger partial charge in [0.1, 0.15) is 0 Å². The fraction of sp³-hybridized carbons (Fsp3) is 0.200. The molecule has 0 aromatic heterocycles. The van der Waals surface area contributed by atoms with Gasteiger partial charge in [0.05, 0.1) is 5.75 Å². The van der Waals surface area contributed by atoms with Crippen LogP contribution in [0.5, 0.6) is 0 Å². The largest absolute Gasteiger partial charge is 0.370 e. The molecule has 0 spiro atoms. The molecule has 1 aromatic rings. The van der Waals surface area contributed by atoms with Crippen LogP contribution in [0.4, 0.5) is 8.78 Å². The zero-order valence-corrected chi connectivity index (χ0v) is 9.68. The normalized spacial score (nSPS) is 10.9. The van der Waals surface area contributed by atoms with E-state index >= 15 is 0 Å². The molecule has 0 aliphatic carbocycles. The number of nitrogens with zero attached hydrogens (tertiary/aromatic N) is 1. The summed E-state index contributed by atoms with van der Waals surface area (Å²) < 4.78 is 27.3. The fourth-order valence-corrected chi connectivity index (χ4v) is 1.73. The molecule has 0 fully saturated rings. The van der Waals surface area contributed by atoms with E-state index in [0.717, 1.165) is 0 Å². The minimum absolute atomic E-state index is 0.0926. The third-order valence-corrected chi connectivity index (χ3v) is 2.69. The van der Waals surface area contributed by atoms with E-state index < -0.39 is 11.7 Å². The van der Waals surface area contributed by atoms with Crippen LogP contribution in [0.2, 0.25) is 0 Å². The molecular weight excluding hydrogens is 246 g/mol. The molecule has 0 radical (unpaired) electrons. The molecule has 0 unspecified atom stereocenters. The van der Waals surface area contributed by atoms with Gasteiger partial charge < -0.3 is 11.5 Å². The first kappa shape index (κ1) is 13.4. The van der Waals surface area contributed by atoms with E-state index in [1.807, 2.05) is 0 Å². The Balaban J connectivity index is 2.63. The van der Waals surface area contributed by atoms with Crippen molar-refractivity contribution in [2.45, 2.75) is 5.92 Å². The molecule has 0 saturated carbocycles. The van der Waals surface area contributed by atoms with Gasteiger partial charge in [-0.05, 0) is 0 Å². The molecule has 1 aromatic carbocycles. The molecule has 7 heteroatoms. The first-order chi connectivity index (χ1) is 7.92. The lowest BCUT2D eigenvalue weighted by Crippen LogP contribution is -2.24. The number of nitrogens with two attached hydrogens (primary N) is 2. The van der Waals surface area contributed by atoms with E-state index in [-0.39, 0.29) is 16.7 Å². The Labute approximate surface area is 102 Å². The van der Waals surface area contributed by atoms with Crippen molar-refractivity contribution in [3.8, 4) is 0 Å². The average Bonchev–Trinajstić information content (AvgIpc) is 2.27. The van der Waals surface area contributed by atoms with Crippen molar-refractivity contribution in [3.63, 3.8) is 0 Å². The van der Waals surface area contributed by atoms with Gasteiger partial charge in [-0.3, -0.25) is 5.41 Å². The highest BCUT2D eigenvalue weighted by Crippen LogP contribution is 2.31. The topological polar surface area (TPSA) is 88.2 Å². The molecule has 1 rings (SSSR count). The smallest absolute Gasteiger partial charge is 0.282 e. The van der Waals surface area contributed by atoms with Crippen LogP contribution >= 0.6 is 11.8 Å². The number of benzene rings is 1. The monoisotopic (exact) mass is 258 g/mol. The van der Waals surface area contributed by atoms with Crippen molar-refractivity contribution < 1.29 is 8.78 Å². The Morgan fingerprint density at radius 2 is 1.88 bits per heavy atom. The number of nitrogens with one attached hydrogen (secondary N) is 1. The molecule has 0 heterocycles. The van der Waals surface area contributed by atoms with Gasteiger partial charge in [-0.1, -0.05) is 42.1 Å². The van der Waals surface area contributed by atoms with Crippen molar-refractivity contribution in [3.05, 3.63) is 35.9 Å². The first-order valence-corrected chi connectivity index (χ1v) is 5.65. The second-order valence-corrected chi connectivity index (χ2v) is 4.17. The van der Waals surface area contributed by atoms with Crippen LogP contribution in [0.15, 0.2) is 35.3 Å². The maximum absolute atomic E-state index is 13.6. The lowest BCUT2D eigenvalue weighted by molar-refractivity contribution is 0.0234. The Morgan fingerprint density at radius 1 is 1.29 bits per heavy atom. The molecule has 0 bridgehead atoms. The van der Waals surface area contributed by atoms with E-state index in [1.54, 1.807) is 6.07 Å². The Morgan fingerprint density at radius 3 is 2.41 bits per heavy atom. The zero-order valence-electron chi connectivity index (χ0n) is 8.86. The van der Waals surface area contributed by atoms with E-state index in [2.05, 4.69) is 4.99 Å². The van der Waals surface area contributed by atoms with Crippen molar-refractivity contribution in [2.24, 2.45) is 16.5 Å². The van der Waals surface area contributed by atoms with Crippen LogP contribution in [0, 0.1) is 5.41 Å². The second-order valence-electron chi connectivity index (χ2n) is 3.20. The fourth-order valence-electron chi connectivity index (χ4n) is 1.07. The third kappa shape index (κ3) is 4.39. The minimum Gasteiger partial charge on any atom is -0.370 e. The number of rotatable bonds is 3. The number of thioether (sulfide) groups is 1. The first-order valence-electron chi connectivity index (χ1n) is 4.66. The van der Waals surface area contributed by atoms with E-state index in [9.17, 15) is 8.78 Å². The van der Waals surface area contributed by atoms with Gasteiger partial charge in [-0.15, -0.1) is 0 Å². The van der Waals surface area contributed by atoms with Crippen molar-refractivity contribution in [1.29, 1.82) is 5.41 Å². The molecule has 0 saturated heterocycles. The molecule has 0 atom stereocenters. The number of amidine groups is 1. The van der Waals surface area contributed by atoms with E-state index in [1.165, 1.54) is 24.3 Å². The highest BCUT2D eigenvalue weighted by molar-refractivity contribution is 8.13. The van der Waals surface area contributed by atoms with E-state index in [4.69, 9.17) is 16.9 Å². The second kappa shape index (κ2) is 5.62. The molecule has 17 heavy (non-hydrogen) atoms. The van der Waals surface area contributed by atoms with E-state index in [0.29, 0.717) is 11.8 Å². The van der Waals surface area contributed by atoms with Crippen molar-refractivity contribution in [1.82, 2.24) is 0 Å². The van der Waals surface area contributed by atoms with Crippen molar-refractivity contribution in [2.75, 3.05) is 5.75 Å². The summed E-state index contributed by atoms with van der Waals surface area (Å²) in [6.07, 6.45) is 0. The average molecular weight is 258 g/mol. The van der Waals surface area contributed by atoms with Gasteiger partial charge in [0.2, 0.25) is 0 Å². The van der Waals surface area contributed by atoms with Crippen LogP contribution in [0.1, 0.15) is 5.56 Å². The van der Waals surface area contributed by atoms with Gasteiger partial charge in [-0.2, -0.15) is 4.99 Å². The summed E-state index contributed by atoms with van der Waals surface area (Å²) in [7, 11) is 0. The Hall–Kier alpha value is -1.63. The lowest BCUT2D eigenvalue weighted by Gasteiger charge is -2.15. The summed E-state index contributed by atoms with van der Waals surface area (Å²) in [6, 6.07) is 7.41. The maximum Gasteiger partial charge on any atom is 0.282 e. The molecule has 0 aliphatic rings. The summed E-state index contributed by atoms with van der Waals surface area (Å²) in [4.78, 5) is 3.36. The summed E-state index contributed by atoms with van der Waals surface area (Å²) in [5, 5.41) is 6.91. The number of alkyl halides is 2. The zero-order chi connectivity index (χ0) is 12.9. The quantitative estimate of drug-likeness (QED) is 0.569. The number of hydrogen-bond donors (Lipinski definition) is 3. The molecular formula is C10H12F2N4S. The Kier molecular flexibility index (Phi) is 4.45. The third-order valence-electron chi connectivity index (χ3n) is 1.82. The van der Waals surface area contributed by atoms with Gasteiger partial charge in [0.25, 0.3) is 5.92 Å². The van der Waals surface area contributed by atoms with Crippen LogP contribution < -0.4 is 11.5 Å². The van der Waals surface area contributed by atoms with Gasteiger partial charge in [0.15, 0.2) is 11.1 Å². The highest BCUT2D eigenvalue weighted by atomic mass is 32.2. The molecule has 4 nitrogen and oxygen atoms in total. The summed E-state index contributed by atoms with van der Waals surface area (Å²) in [6.45, 7) is 0. The number of aliphatic imine (C=N–C) groups is 1. The summed E-state index contributed by atoms with van der Waals surface area (Å²) in [5.41, 5.74) is 9.97. The standard InChI is InChI=1S/C10H12F2N4S/c11-10(12,7-4-2-1-3-5-7)6-17-9(15)16-8(13)14/h1-5H,6H2,(H5,13,14,15,16). The molecule has 0 amide bonds. The predicted octanol–water partition coefficient (Wildman–Crippen LogP) is 1.72.